The number of nitrogens with zero attached hydrogens (tertiary/aromatic N) is 1. The molecule has 0 atom stereocenters. The standard InChI is InChI=1S/C26H28N2O3S/c1-17-15-18(2)20(4)25(19(17)3)32(30,31)27-24-12-8-7-11-23(24)26(29)28-14-13-21-9-5-6-10-22(21)16-28/h5-12,15,27H,13-14,16H2,1-4H3. The van der Waals surface area contributed by atoms with Crippen LogP contribution in [0.4, 0.5) is 5.69 Å². The summed E-state index contributed by atoms with van der Waals surface area (Å²) < 4.78 is 29.6. The van der Waals surface area contributed by atoms with Crippen LogP contribution in [0, 0.1) is 27.7 Å². The van der Waals surface area contributed by atoms with Gasteiger partial charge in [-0.3, -0.25) is 9.52 Å². The van der Waals surface area contributed by atoms with Gasteiger partial charge < -0.3 is 4.90 Å². The van der Waals surface area contributed by atoms with E-state index in [1.807, 2.05) is 52.0 Å². The molecule has 32 heavy (non-hydrogen) atoms. The maximum absolute atomic E-state index is 13.4. The van der Waals surface area contributed by atoms with Gasteiger partial charge in [-0.15, -0.1) is 0 Å². The number of para-hydroxylation sites is 1. The van der Waals surface area contributed by atoms with E-state index >= 15 is 0 Å². The van der Waals surface area contributed by atoms with Crippen LogP contribution in [0.15, 0.2) is 59.5 Å². The van der Waals surface area contributed by atoms with Crippen LogP contribution in [0.3, 0.4) is 0 Å². The summed E-state index contributed by atoms with van der Waals surface area (Å²) in [4.78, 5) is 15.4. The molecule has 5 nitrogen and oxygen atoms in total. The highest BCUT2D eigenvalue weighted by Crippen LogP contribution is 2.30. The van der Waals surface area contributed by atoms with Crippen LogP contribution in [0.1, 0.15) is 43.7 Å². The predicted molar refractivity (Wildman–Crippen MR) is 128 cm³/mol. The Hall–Kier alpha value is -3.12. The third-order valence-corrected chi connectivity index (χ3v) is 8.02. The van der Waals surface area contributed by atoms with Crippen molar-refractivity contribution in [1.82, 2.24) is 4.90 Å². The van der Waals surface area contributed by atoms with Crippen LogP contribution in [-0.4, -0.2) is 25.8 Å². The van der Waals surface area contributed by atoms with Crippen molar-refractivity contribution < 1.29 is 13.2 Å². The first-order valence-corrected chi connectivity index (χ1v) is 12.2. The molecule has 6 heteroatoms. The van der Waals surface area contributed by atoms with Gasteiger partial charge in [0.15, 0.2) is 0 Å². The predicted octanol–water partition coefficient (Wildman–Crippen LogP) is 4.92. The van der Waals surface area contributed by atoms with E-state index in [1.165, 1.54) is 5.56 Å². The van der Waals surface area contributed by atoms with Crippen molar-refractivity contribution in [1.29, 1.82) is 0 Å². The van der Waals surface area contributed by atoms with Gasteiger partial charge in [0.1, 0.15) is 0 Å². The highest BCUT2D eigenvalue weighted by Gasteiger charge is 2.27. The second kappa shape index (κ2) is 8.43. The van der Waals surface area contributed by atoms with Gasteiger partial charge in [-0.25, -0.2) is 8.42 Å². The number of hydrogen-bond donors (Lipinski definition) is 1. The number of nitrogens with one attached hydrogen (secondary N) is 1. The first-order valence-electron chi connectivity index (χ1n) is 10.7. The van der Waals surface area contributed by atoms with Crippen LogP contribution in [-0.2, 0) is 23.0 Å². The number of carbonyl (C=O) groups excluding carboxylic acids is 1. The monoisotopic (exact) mass is 448 g/mol. The molecule has 166 valence electrons. The van der Waals surface area contributed by atoms with E-state index < -0.39 is 10.0 Å². The van der Waals surface area contributed by atoms with Gasteiger partial charge in [-0.1, -0.05) is 42.5 Å². The van der Waals surface area contributed by atoms with Crippen LogP contribution < -0.4 is 4.72 Å². The van der Waals surface area contributed by atoms with Crippen molar-refractivity contribution in [2.24, 2.45) is 0 Å². The average molecular weight is 449 g/mol. The Kier molecular flexibility index (Phi) is 5.82. The molecule has 0 bridgehead atoms. The number of sulfonamides is 1. The second-order valence-corrected chi connectivity index (χ2v) is 10.1. The molecule has 1 heterocycles. The molecule has 0 unspecified atom stereocenters. The molecule has 0 spiro atoms. The highest BCUT2D eigenvalue weighted by molar-refractivity contribution is 7.92. The Labute approximate surface area is 190 Å². The Morgan fingerprint density at radius 2 is 1.47 bits per heavy atom. The van der Waals surface area contributed by atoms with E-state index in [9.17, 15) is 13.2 Å². The summed E-state index contributed by atoms with van der Waals surface area (Å²) in [6.07, 6.45) is 0.788. The number of aryl methyl sites for hydroxylation is 2. The van der Waals surface area contributed by atoms with Gasteiger partial charge in [0.2, 0.25) is 0 Å². The van der Waals surface area contributed by atoms with Crippen molar-refractivity contribution >= 4 is 21.6 Å². The Morgan fingerprint density at radius 3 is 2.16 bits per heavy atom. The first-order chi connectivity index (χ1) is 15.2. The smallest absolute Gasteiger partial charge is 0.262 e. The zero-order valence-corrected chi connectivity index (χ0v) is 19.7. The SMILES string of the molecule is Cc1cc(C)c(C)c(S(=O)(=O)Nc2ccccc2C(=O)N2CCc3ccccc3C2)c1C. The fraction of sp³-hybridized carbons (Fsp3) is 0.269. The molecule has 0 aliphatic carbocycles. The minimum absolute atomic E-state index is 0.174. The number of carbonyl (C=O) groups is 1. The van der Waals surface area contributed by atoms with Crippen molar-refractivity contribution in [3.8, 4) is 0 Å². The van der Waals surface area contributed by atoms with Crippen molar-refractivity contribution in [2.45, 2.75) is 45.6 Å². The number of amides is 1. The lowest BCUT2D eigenvalue weighted by Gasteiger charge is -2.29. The van der Waals surface area contributed by atoms with Gasteiger partial charge in [-0.05, 0) is 79.6 Å². The summed E-state index contributed by atoms with van der Waals surface area (Å²) in [5, 5.41) is 0. The van der Waals surface area contributed by atoms with E-state index in [0.717, 1.165) is 34.2 Å². The molecule has 0 radical (unpaired) electrons. The molecule has 1 amide bonds. The third kappa shape index (κ3) is 4.02. The molecule has 3 aromatic carbocycles. The van der Waals surface area contributed by atoms with Gasteiger partial charge in [0.05, 0.1) is 16.1 Å². The minimum Gasteiger partial charge on any atom is -0.334 e. The van der Waals surface area contributed by atoms with Crippen molar-refractivity contribution in [3.63, 3.8) is 0 Å². The molecule has 1 aliphatic rings. The summed E-state index contributed by atoms with van der Waals surface area (Å²) in [7, 11) is -3.88. The summed E-state index contributed by atoms with van der Waals surface area (Å²) in [6.45, 7) is 8.58. The van der Waals surface area contributed by atoms with E-state index in [4.69, 9.17) is 0 Å². The Bertz CT molecular complexity index is 1290. The van der Waals surface area contributed by atoms with E-state index in [1.54, 1.807) is 29.2 Å². The zero-order valence-electron chi connectivity index (χ0n) is 18.9. The van der Waals surface area contributed by atoms with E-state index in [2.05, 4.69) is 10.8 Å². The van der Waals surface area contributed by atoms with E-state index in [0.29, 0.717) is 24.3 Å². The molecule has 0 aromatic heterocycles. The van der Waals surface area contributed by atoms with Gasteiger partial charge in [0, 0.05) is 13.1 Å². The molecule has 0 saturated heterocycles. The molecule has 4 rings (SSSR count). The summed E-state index contributed by atoms with van der Waals surface area (Å²) in [5.41, 5.74) is 6.33. The molecule has 0 fully saturated rings. The van der Waals surface area contributed by atoms with Gasteiger partial charge in [0.25, 0.3) is 15.9 Å². The fourth-order valence-electron chi connectivity index (χ4n) is 4.38. The van der Waals surface area contributed by atoms with Crippen molar-refractivity contribution in [2.75, 3.05) is 11.3 Å². The Morgan fingerprint density at radius 1 is 0.875 bits per heavy atom. The quantitative estimate of drug-likeness (QED) is 0.616. The number of anilines is 1. The van der Waals surface area contributed by atoms with Crippen LogP contribution in [0.5, 0.6) is 0 Å². The molecular weight excluding hydrogens is 420 g/mol. The maximum Gasteiger partial charge on any atom is 0.262 e. The van der Waals surface area contributed by atoms with Crippen LogP contribution >= 0.6 is 0 Å². The summed E-state index contributed by atoms with van der Waals surface area (Å²) in [5.74, 6) is -0.174. The first kappa shape index (κ1) is 22.1. The summed E-state index contributed by atoms with van der Waals surface area (Å²) in [6, 6.07) is 16.9. The minimum atomic E-state index is -3.88. The molecule has 3 aromatic rings. The van der Waals surface area contributed by atoms with Gasteiger partial charge >= 0.3 is 0 Å². The van der Waals surface area contributed by atoms with Crippen LogP contribution in [0.2, 0.25) is 0 Å². The van der Waals surface area contributed by atoms with Crippen LogP contribution in [0.25, 0.3) is 0 Å². The molecular formula is C26H28N2O3S. The normalized spacial score (nSPS) is 13.6. The lowest BCUT2D eigenvalue weighted by molar-refractivity contribution is 0.0736. The molecule has 1 N–H and O–H groups in total. The number of rotatable bonds is 4. The number of fused-ring (bicyclic) bond motifs is 1. The Balaban J connectivity index is 1.67. The third-order valence-electron chi connectivity index (χ3n) is 6.39. The summed E-state index contributed by atoms with van der Waals surface area (Å²) >= 11 is 0. The second-order valence-electron chi connectivity index (χ2n) is 8.49. The number of benzene rings is 3. The number of hydrogen-bond acceptors (Lipinski definition) is 3. The van der Waals surface area contributed by atoms with Gasteiger partial charge in [-0.2, -0.15) is 0 Å². The highest BCUT2D eigenvalue weighted by atomic mass is 32.2. The lowest BCUT2D eigenvalue weighted by Crippen LogP contribution is -2.36. The average Bonchev–Trinajstić information content (AvgIpc) is 2.77. The lowest BCUT2D eigenvalue weighted by atomic mass is 9.99. The largest absolute Gasteiger partial charge is 0.334 e. The fourth-order valence-corrected chi connectivity index (χ4v) is 6.08. The molecule has 0 saturated carbocycles. The molecule has 1 aliphatic heterocycles. The maximum atomic E-state index is 13.4. The zero-order chi connectivity index (χ0) is 23.0. The van der Waals surface area contributed by atoms with E-state index in [-0.39, 0.29) is 10.8 Å². The van der Waals surface area contributed by atoms with Crippen molar-refractivity contribution in [3.05, 3.63) is 93.5 Å². The topological polar surface area (TPSA) is 66.5 Å².